The third kappa shape index (κ3) is 2.64. The minimum absolute atomic E-state index is 0.269. The predicted molar refractivity (Wildman–Crippen MR) is 85.0 cm³/mol. The molecule has 0 radical (unpaired) electrons. The smallest absolute Gasteiger partial charge is 0.142 e. The van der Waals surface area contributed by atoms with Crippen LogP contribution >= 0.6 is 27.5 Å². The van der Waals surface area contributed by atoms with Crippen LogP contribution in [0.2, 0.25) is 5.02 Å². The van der Waals surface area contributed by atoms with Gasteiger partial charge >= 0.3 is 0 Å². The Kier molecular flexibility index (Phi) is 4.13. The zero-order valence-corrected chi connectivity index (χ0v) is 13.3. The number of aryl methyl sites for hydroxylation is 1. The maximum absolute atomic E-state index is 13.5. The van der Waals surface area contributed by atoms with E-state index in [1.54, 1.807) is 6.07 Å². The van der Waals surface area contributed by atoms with E-state index in [1.807, 2.05) is 6.07 Å². The van der Waals surface area contributed by atoms with Crippen molar-refractivity contribution in [2.24, 2.45) is 5.92 Å². The fraction of sp³-hybridized carbons (Fsp3) is 0.294. The summed E-state index contributed by atoms with van der Waals surface area (Å²) in [6.45, 7) is 0. The zero-order valence-electron chi connectivity index (χ0n) is 11.0. The van der Waals surface area contributed by atoms with E-state index in [-0.39, 0.29) is 10.8 Å². The molecule has 0 aromatic heterocycles. The summed E-state index contributed by atoms with van der Waals surface area (Å²) < 4.78 is 13.5. The van der Waals surface area contributed by atoms with Gasteiger partial charge in [-0.3, -0.25) is 0 Å². The summed E-state index contributed by atoms with van der Waals surface area (Å²) in [5, 5.41) is 0.269. The monoisotopic (exact) mass is 352 g/mol. The maximum atomic E-state index is 13.5. The zero-order chi connectivity index (χ0) is 14.1. The Morgan fingerprint density at radius 2 is 1.95 bits per heavy atom. The number of hydrogen-bond acceptors (Lipinski definition) is 0. The first-order valence-corrected chi connectivity index (χ1v) is 8.11. The van der Waals surface area contributed by atoms with Gasteiger partial charge in [0.05, 0.1) is 5.02 Å². The van der Waals surface area contributed by atoms with E-state index in [0.717, 1.165) is 24.8 Å². The van der Waals surface area contributed by atoms with Gasteiger partial charge in [-0.15, -0.1) is 0 Å². The Hall–Kier alpha value is -0.860. The highest BCUT2D eigenvalue weighted by atomic mass is 79.9. The molecule has 20 heavy (non-hydrogen) atoms. The molecule has 0 nitrogen and oxygen atoms in total. The molecule has 0 saturated heterocycles. The minimum Gasteiger partial charge on any atom is -0.205 e. The van der Waals surface area contributed by atoms with Crippen LogP contribution < -0.4 is 0 Å². The van der Waals surface area contributed by atoms with Crippen LogP contribution in [0.4, 0.5) is 4.39 Å². The molecule has 2 atom stereocenters. The van der Waals surface area contributed by atoms with E-state index in [0.29, 0.717) is 10.7 Å². The van der Waals surface area contributed by atoms with Gasteiger partial charge in [-0.1, -0.05) is 63.9 Å². The molecule has 0 fully saturated rings. The van der Waals surface area contributed by atoms with Crippen LogP contribution in [0.15, 0.2) is 42.5 Å². The maximum Gasteiger partial charge on any atom is 0.142 e. The summed E-state index contributed by atoms with van der Waals surface area (Å²) in [4.78, 5) is 0.312. The lowest BCUT2D eigenvalue weighted by Gasteiger charge is -2.30. The molecule has 0 bridgehead atoms. The Balaban J connectivity index is 1.85. The number of halogens is 3. The number of hydrogen-bond donors (Lipinski definition) is 0. The molecule has 2 unspecified atom stereocenters. The van der Waals surface area contributed by atoms with Crippen LogP contribution in [0.25, 0.3) is 0 Å². The Bertz CT molecular complexity index is 626. The van der Waals surface area contributed by atoms with E-state index < -0.39 is 0 Å². The van der Waals surface area contributed by atoms with Gasteiger partial charge in [-0.2, -0.15) is 0 Å². The number of rotatable bonds is 2. The molecule has 3 rings (SSSR count). The molecule has 0 aliphatic heterocycles. The van der Waals surface area contributed by atoms with Crippen molar-refractivity contribution >= 4 is 27.5 Å². The molecule has 0 spiro atoms. The van der Waals surface area contributed by atoms with Crippen LogP contribution in [0.3, 0.4) is 0 Å². The fourth-order valence-corrected chi connectivity index (χ4v) is 4.07. The van der Waals surface area contributed by atoms with Crippen molar-refractivity contribution in [1.29, 1.82) is 0 Å². The molecule has 104 valence electrons. The Morgan fingerprint density at radius 1 is 1.15 bits per heavy atom. The van der Waals surface area contributed by atoms with Crippen molar-refractivity contribution in [1.82, 2.24) is 0 Å². The lowest BCUT2D eigenvalue weighted by molar-refractivity contribution is 0.451. The molecule has 0 amide bonds. The van der Waals surface area contributed by atoms with Gasteiger partial charge in [0.15, 0.2) is 0 Å². The van der Waals surface area contributed by atoms with Crippen molar-refractivity contribution in [2.45, 2.75) is 24.1 Å². The average molecular weight is 354 g/mol. The number of fused-ring (bicyclic) bond motifs is 1. The first-order chi connectivity index (χ1) is 9.66. The quantitative estimate of drug-likeness (QED) is 0.606. The largest absolute Gasteiger partial charge is 0.205 e. The van der Waals surface area contributed by atoms with Crippen molar-refractivity contribution in [3.05, 3.63) is 70.0 Å². The summed E-state index contributed by atoms with van der Waals surface area (Å²) >= 11 is 9.89. The molecule has 0 N–H and O–H groups in total. The predicted octanol–water partition coefficient (Wildman–Crippen LogP) is 5.72. The summed E-state index contributed by atoms with van der Waals surface area (Å²) in [6.07, 6.45) is 2.98. The van der Waals surface area contributed by atoms with Crippen molar-refractivity contribution in [3.63, 3.8) is 0 Å². The summed E-state index contributed by atoms with van der Waals surface area (Å²) in [5.41, 5.74) is 3.67. The molecule has 1 aliphatic carbocycles. The number of benzene rings is 2. The molecule has 0 saturated carbocycles. The third-order valence-corrected chi connectivity index (χ3v) is 5.73. The normalized spacial score (nSPS) is 21.6. The summed E-state index contributed by atoms with van der Waals surface area (Å²) in [6, 6.07) is 13.6. The molecule has 1 aliphatic rings. The van der Waals surface area contributed by atoms with Gasteiger partial charge in [-0.25, -0.2) is 4.39 Å². The summed E-state index contributed by atoms with van der Waals surface area (Å²) in [7, 11) is 0. The van der Waals surface area contributed by atoms with Gasteiger partial charge in [0.25, 0.3) is 0 Å². The molecule has 2 aromatic rings. The molecular weight excluding hydrogens is 339 g/mol. The second kappa shape index (κ2) is 5.87. The van der Waals surface area contributed by atoms with E-state index in [1.165, 1.54) is 17.2 Å². The van der Waals surface area contributed by atoms with Gasteiger partial charge in [-0.05, 0) is 47.9 Å². The van der Waals surface area contributed by atoms with E-state index in [2.05, 4.69) is 40.2 Å². The van der Waals surface area contributed by atoms with Crippen LogP contribution in [-0.4, -0.2) is 0 Å². The van der Waals surface area contributed by atoms with Crippen molar-refractivity contribution in [3.8, 4) is 0 Å². The topological polar surface area (TPSA) is 0 Å². The van der Waals surface area contributed by atoms with Gasteiger partial charge in [0, 0.05) is 4.83 Å². The third-order valence-electron chi connectivity index (χ3n) is 4.06. The molecular formula is C17H15BrClF. The molecule has 3 heteroatoms. The fourth-order valence-electron chi connectivity index (χ4n) is 2.97. The van der Waals surface area contributed by atoms with Gasteiger partial charge < -0.3 is 0 Å². The average Bonchev–Trinajstić information content (AvgIpc) is 2.47. The van der Waals surface area contributed by atoms with E-state index >= 15 is 0 Å². The highest BCUT2D eigenvalue weighted by Gasteiger charge is 2.28. The number of alkyl halides is 1. The van der Waals surface area contributed by atoms with Crippen LogP contribution in [0.5, 0.6) is 0 Å². The SMILES string of the molecule is Fc1cccc(CC2CCc3ccccc3C2Br)c1Cl. The van der Waals surface area contributed by atoms with Crippen LogP contribution in [0.1, 0.15) is 27.9 Å². The lowest BCUT2D eigenvalue weighted by Crippen LogP contribution is -2.19. The van der Waals surface area contributed by atoms with Crippen molar-refractivity contribution in [2.75, 3.05) is 0 Å². The highest BCUT2D eigenvalue weighted by molar-refractivity contribution is 9.09. The van der Waals surface area contributed by atoms with Crippen molar-refractivity contribution < 1.29 is 4.39 Å². The standard InChI is InChI=1S/C17H15BrClF/c18-16-12(9-8-11-4-1-2-6-14(11)16)10-13-5-3-7-15(20)17(13)19/h1-7,12,16H,8-10H2. The first-order valence-electron chi connectivity index (χ1n) is 6.81. The van der Waals surface area contributed by atoms with Crippen LogP contribution in [-0.2, 0) is 12.8 Å². The summed E-state index contributed by atoms with van der Waals surface area (Å²) in [5.74, 6) is 0.121. The highest BCUT2D eigenvalue weighted by Crippen LogP contribution is 2.42. The van der Waals surface area contributed by atoms with E-state index in [4.69, 9.17) is 11.6 Å². The van der Waals surface area contributed by atoms with Gasteiger partial charge in [0.2, 0.25) is 0 Å². The second-order valence-electron chi connectivity index (χ2n) is 5.32. The Labute approximate surface area is 132 Å². The van der Waals surface area contributed by atoms with E-state index in [9.17, 15) is 4.39 Å². The molecule has 2 aromatic carbocycles. The van der Waals surface area contributed by atoms with Crippen LogP contribution in [0, 0.1) is 11.7 Å². The first kappa shape index (κ1) is 14.1. The van der Waals surface area contributed by atoms with Gasteiger partial charge in [0.1, 0.15) is 5.82 Å². The lowest BCUT2D eigenvalue weighted by atomic mass is 9.81. The molecule has 0 heterocycles. The minimum atomic E-state index is -0.327. The second-order valence-corrected chi connectivity index (χ2v) is 6.68. The Morgan fingerprint density at radius 3 is 2.80 bits per heavy atom.